The van der Waals surface area contributed by atoms with Gasteiger partial charge in [-0.25, -0.2) is 0 Å². The molecule has 0 heterocycles. The zero-order chi connectivity index (χ0) is 11.2. The zero-order valence-corrected chi connectivity index (χ0v) is 10.1. The van der Waals surface area contributed by atoms with Gasteiger partial charge in [0.1, 0.15) is 0 Å². The quantitative estimate of drug-likeness (QED) is 0.755. The maximum absolute atomic E-state index is 11.3. The lowest BCUT2D eigenvalue weighted by Gasteiger charge is -2.57. The Morgan fingerprint density at radius 1 is 1.12 bits per heavy atom. The van der Waals surface area contributed by atoms with Crippen molar-refractivity contribution in [3.05, 3.63) is 0 Å². The molecular formula is C13H22N2O. The first-order chi connectivity index (χ1) is 7.69. The van der Waals surface area contributed by atoms with Crippen LogP contribution >= 0.6 is 0 Å². The van der Waals surface area contributed by atoms with Crippen LogP contribution < -0.4 is 10.6 Å². The molecule has 1 amide bonds. The molecule has 0 saturated heterocycles. The molecule has 0 spiro atoms. The number of carbonyl (C=O) groups is 1. The summed E-state index contributed by atoms with van der Waals surface area (Å²) in [6.45, 7) is 0.503. The average Bonchev–Trinajstić information content (AvgIpc) is 2.24. The van der Waals surface area contributed by atoms with Crippen molar-refractivity contribution in [1.29, 1.82) is 0 Å². The Labute approximate surface area is 97.4 Å². The molecule has 0 unspecified atom stereocenters. The van der Waals surface area contributed by atoms with E-state index >= 15 is 0 Å². The summed E-state index contributed by atoms with van der Waals surface area (Å²) in [7, 11) is 1.71. The summed E-state index contributed by atoms with van der Waals surface area (Å²) >= 11 is 0. The lowest BCUT2D eigenvalue weighted by atomic mass is 9.53. The maximum atomic E-state index is 11.3. The fourth-order valence-electron chi connectivity index (χ4n) is 4.68. The fraction of sp³-hybridized carbons (Fsp3) is 0.923. The van der Waals surface area contributed by atoms with Gasteiger partial charge in [-0.05, 0) is 56.3 Å². The van der Waals surface area contributed by atoms with E-state index in [-0.39, 0.29) is 5.91 Å². The Bertz CT molecular complexity index is 265. The van der Waals surface area contributed by atoms with Crippen LogP contribution in [0.3, 0.4) is 0 Å². The normalized spacial score (nSPS) is 44.7. The Morgan fingerprint density at radius 2 is 1.62 bits per heavy atom. The van der Waals surface area contributed by atoms with E-state index in [1.165, 1.54) is 38.5 Å². The summed E-state index contributed by atoms with van der Waals surface area (Å²) in [5.74, 6) is 2.96. The van der Waals surface area contributed by atoms with E-state index in [4.69, 9.17) is 0 Å². The molecule has 0 radical (unpaired) electrons. The Kier molecular flexibility index (Phi) is 2.46. The molecule has 0 atom stereocenters. The van der Waals surface area contributed by atoms with Crippen molar-refractivity contribution in [3.63, 3.8) is 0 Å². The zero-order valence-electron chi connectivity index (χ0n) is 10.1. The molecule has 0 aromatic rings. The third-order valence-electron chi connectivity index (χ3n) is 4.94. The van der Waals surface area contributed by atoms with Crippen molar-refractivity contribution in [2.24, 2.45) is 17.8 Å². The second-order valence-electron chi connectivity index (χ2n) is 6.22. The number of hydrogen-bond acceptors (Lipinski definition) is 2. The van der Waals surface area contributed by atoms with E-state index in [0.717, 1.165) is 17.8 Å². The third-order valence-corrected chi connectivity index (χ3v) is 4.94. The van der Waals surface area contributed by atoms with Crippen LogP contribution in [0.25, 0.3) is 0 Å². The minimum atomic E-state index is 0.121. The summed E-state index contributed by atoms with van der Waals surface area (Å²) in [6, 6.07) is 0. The van der Waals surface area contributed by atoms with Crippen LogP contribution in [-0.4, -0.2) is 25.0 Å². The van der Waals surface area contributed by atoms with Gasteiger partial charge in [0.15, 0.2) is 0 Å². The minimum absolute atomic E-state index is 0.121. The van der Waals surface area contributed by atoms with Crippen LogP contribution in [-0.2, 0) is 4.79 Å². The van der Waals surface area contributed by atoms with Gasteiger partial charge in [0.25, 0.3) is 0 Å². The van der Waals surface area contributed by atoms with Crippen molar-refractivity contribution in [1.82, 2.24) is 10.6 Å². The minimum Gasteiger partial charge on any atom is -0.358 e. The lowest BCUT2D eigenvalue weighted by Crippen LogP contribution is -2.59. The van der Waals surface area contributed by atoms with Gasteiger partial charge in [-0.15, -0.1) is 0 Å². The summed E-state index contributed by atoms with van der Waals surface area (Å²) in [4.78, 5) is 11.3. The number of rotatable bonds is 3. The third kappa shape index (κ3) is 1.75. The van der Waals surface area contributed by atoms with Gasteiger partial charge < -0.3 is 10.6 Å². The summed E-state index contributed by atoms with van der Waals surface area (Å²) in [5, 5.41) is 6.26. The predicted octanol–water partition coefficient (Wildman–Crippen LogP) is 1.29. The van der Waals surface area contributed by atoms with E-state index in [1.54, 1.807) is 7.05 Å². The van der Waals surface area contributed by atoms with Crippen LogP contribution in [0.1, 0.15) is 38.5 Å². The average molecular weight is 222 g/mol. The van der Waals surface area contributed by atoms with Crippen LogP contribution in [0.4, 0.5) is 0 Å². The first-order valence-corrected chi connectivity index (χ1v) is 6.65. The Hall–Kier alpha value is -0.570. The van der Waals surface area contributed by atoms with Gasteiger partial charge in [-0.3, -0.25) is 4.79 Å². The summed E-state index contributed by atoms with van der Waals surface area (Å²) in [5.41, 5.74) is 0.321. The molecule has 4 saturated carbocycles. The largest absolute Gasteiger partial charge is 0.358 e. The van der Waals surface area contributed by atoms with Crippen LogP contribution in [0.2, 0.25) is 0 Å². The molecule has 4 fully saturated rings. The first kappa shape index (κ1) is 10.6. The molecule has 3 heteroatoms. The number of amides is 1. The molecule has 0 aliphatic heterocycles. The van der Waals surface area contributed by atoms with E-state index in [9.17, 15) is 4.79 Å². The molecule has 4 bridgehead atoms. The Morgan fingerprint density at radius 3 is 2.06 bits per heavy atom. The molecule has 4 rings (SSSR count). The van der Waals surface area contributed by atoms with Crippen molar-refractivity contribution in [3.8, 4) is 0 Å². The monoisotopic (exact) mass is 222 g/mol. The second-order valence-corrected chi connectivity index (χ2v) is 6.22. The van der Waals surface area contributed by atoms with Crippen LogP contribution in [0.5, 0.6) is 0 Å². The standard InChI is InChI=1S/C13H22N2O/c1-14-12(16)8-15-13-5-9-2-10(6-13)4-11(3-9)7-13/h9-11,15H,2-8H2,1H3,(H,14,16). The highest BCUT2D eigenvalue weighted by Crippen LogP contribution is 2.55. The predicted molar refractivity (Wildman–Crippen MR) is 63.0 cm³/mol. The SMILES string of the molecule is CNC(=O)CNC12CC3CC(CC(C3)C1)C2. The topological polar surface area (TPSA) is 41.1 Å². The van der Waals surface area contributed by atoms with E-state index < -0.39 is 0 Å². The molecule has 3 nitrogen and oxygen atoms in total. The van der Waals surface area contributed by atoms with Crippen molar-refractivity contribution < 1.29 is 4.79 Å². The van der Waals surface area contributed by atoms with Gasteiger partial charge in [-0.1, -0.05) is 0 Å². The van der Waals surface area contributed by atoms with Gasteiger partial charge in [-0.2, -0.15) is 0 Å². The molecule has 90 valence electrons. The number of carbonyl (C=O) groups excluding carboxylic acids is 1. The fourth-order valence-corrected chi connectivity index (χ4v) is 4.68. The van der Waals surface area contributed by atoms with Crippen molar-refractivity contribution in [2.75, 3.05) is 13.6 Å². The van der Waals surface area contributed by atoms with Crippen LogP contribution in [0, 0.1) is 17.8 Å². The van der Waals surface area contributed by atoms with E-state index in [1.807, 2.05) is 0 Å². The van der Waals surface area contributed by atoms with Gasteiger partial charge in [0.2, 0.25) is 5.91 Å². The van der Waals surface area contributed by atoms with Gasteiger partial charge in [0, 0.05) is 12.6 Å². The molecule has 16 heavy (non-hydrogen) atoms. The molecule has 4 aliphatic rings. The highest BCUT2D eigenvalue weighted by atomic mass is 16.1. The number of hydrogen-bond donors (Lipinski definition) is 2. The molecular weight excluding hydrogens is 200 g/mol. The molecule has 0 aromatic heterocycles. The van der Waals surface area contributed by atoms with E-state index in [2.05, 4.69) is 10.6 Å². The molecule has 2 N–H and O–H groups in total. The van der Waals surface area contributed by atoms with Gasteiger partial charge in [0.05, 0.1) is 6.54 Å². The van der Waals surface area contributed by atoms with Crippen molar-refractivity contribution >= 4 is 5.91 Å². The summed E-state index contributed by atoms with van der Waals surface area (Å²) < 4.78 is 0. The highest BCUT2D eigenvalue weighted by molar-refractivity contribution is 5.77. The molecule has 4 aliphatic carbocycles. The smallest absolute Gasteiger partial charge is 0.233 e. The van der Waals surface area contributed by atoms with Gasteiger partial charge >= 0.3 is 0 Å². The Balaban J connectivity index is 1.67. The summed E-state index contributed by atoms with van der Waals surface area (Å²) in [6.07, 6.45) is 8.32. The first-order valence-electron chi connectivity index (χ1n) is 6.65. The van der Waals surface area contributed by atoms with E-state index in [0.29, 0.717) is 12.1 Å². The highest BCUT2D eigenvalue weighted by Gasteiger charge is 2.50. The maximum Gasteiger partial charge on any atom is 0.233 e. The molecule has 0 aromatic carbocycles. The second kappa shape index (κ2) is 3.73. The number of likely N-dealkylation sites (N-methyl/N-ethyl adjacent to an activating group) is 1. The lowest BCUT2D eigenvalue weighted by molar-refractivity contribution is -0.121. The van der Waals surface area contributed by atoms with Crippen molar-refractivity contribution in [2.45, 2.75) is 44.1 Å². The number of nitrogens with one attached hydrogen (secondary N) is 2. The van der Waals surface area contributed by atoms with Crippen LogP contribution in [0.15, 0.2) is 0 Å².